The van der Waals surface area contributed by atoms with Gasteiger partial charge in [0.15, 0.2) is 11.5 Å². The van der Waals surface area contributed by atoms with Crippen molar-refractivity contribution in [3.8, 4) is 11.5 Å². The Hall–Kier alpha value is -1.70. The summed E-state index contributed by atoms with van der Waals surface area (Å²) in [5, 5.41) is 10.8. The molecule has 0 aliphatic carbocycles. The Morgan fingerprint density at radius 1 is 1.33 bits per heavy atom. The molecule has 0 aliphatic heterocycles. The van der Waals surface area contributed by atoms with Crippen LogP contribution in [0.2, 0.25) is 0 Å². The third-order valence-corrected chi connectivity index (χ3v) is 3.21. The summed E-state index contributed by atoms with van der Waals surface area (Å²) in [6.07, 6.45) is 3.27. The van der Waals surface area contributed by atoms with Crippen LogP contribution in [0.4, 0.5) is 0 Å². The second-order valence-electron chi connectivity index (χ2n) is 4.45. The van der Waals surface area contributed by atoms with Gasteiger partial charge in [-0.3, -0.25) is 9.78 Å². The molecule has 0 amide bonds. The van der Waals surface area contributed by atoms with Crippen LogP contribution in [0.1, 0.15) is 25.3 Å². The fraction of sp³-hybridized carbons (Fsp3) is 0.333. The van der Waals surface area contributed by atoms with Gasteiger partial charge in [-0.2, -0.15) is 0 Å². The minimum Gasteiger partial charge on any atom is -0.493 e. The van der Waals surface area contributed by atoms with Gasteiger partial charge in [-0.15, -0.1) is 0 Å². The standard InChI is InChI=1S/C15H17NO4.Li/c1-4-20-14-5-10-7-16-8-12(9(2)15(17)18)11(10)6-13(14)19-3;/h5-9H,4H2,1-3H3,(H,17,18);. The second-order valence-corrected chi connectivity index (χ2v) is 4.45. The summed E-state index contributed by atoms with van der Waals surface area (Å²) in [6.45, 7) is 4.06. The van der Waals surface area contributed by atoms with E-state index in [1.165, 1.54) is 0 Å². The molecule has 0 saturated heterocycles. The van der Waals surface area contributed by atoms with E-state index in [-0.39, 0.29) is 18.9 Å². The largest absolute Gasteiger partial charge is 0.493 e. The average Bonchev–Trinajstić information content (AvgIpc) is 2.45. The summed E-state index contributed by atoms with van der Waals surface area (Å²) in [5.74, 6) is -0.296. The fourth-order valence-electron chi connectivity index (χ4n) is 2.11. The second kappa shape index (κ2) is 7.35. The number of carboxylic acid groups (broad SMARTS) is 1. The Bertz CT molecular complexity index is 645. The number of hydrogen-bond donors (Lipinski definition) is 1. The molecule has 1 aromatic carbocycles. The van der Waals surface area contributed by atoms with Gasteiger partial charge in [0.1, 0.15) is 0 Å². The maximum atomic E-state index is 11.2. The van der Waals surface area contributed by atoms with Crippen molar-refractivity contribution in [3.63, 3.8) is 0 Å². The summed E-state index contributed by atoms with van der Waals surface area (Å²) in [6, 6.07) is 3.62. The number of methoxy groups -OCH3 is 1. The van der Waals surface area contributed by atoms with E-state index in [9.17, 15) is 9.90 Å². The Labute approximate surface area is 135 Å². The van der Waals surface area contributed by atoms with Gasteiger partial charge in [-0.05, 0) is 36.9 Å². The quantitative estimate of drug-likeness (QED) is 0.853. The average molecular weight is 282 g/mol. The molecule has 1 aromatic heterocycles. The van der Waals surface area contributed by atoms with E-state index >= 15 is 0 Å². The molecule has 2 aromatic rings. The van der Waals surface area contributed by atoms with E-state index < -0.39 is 11.9 Å². The number of aliphatic carboxylic acids is 1. The molecule has 1 radical (unpaired) electrons. The Balaban J connectivity index is 0.00000220. The van der Waals surface area contributed by atoms with E-state index in [0.717, 1.165) is 10.8 Å². The Morgan fingerprint density at radius 3 is 2.62 bits per heavy atom. The first kappa shape index (κ1) is 17.3. The molecule has 0 spiro atoms. The van der Waals surface area contributed by atoms with Gasteiger partial charge in [-0.1, -0.05) is 0 Å². The summed E-state index contributed by atoms with van der Waals surface area (Å²) in [5.41, 5.74) is 0.663. The van der Waals surface area contributed by atoms with E-state index in [2.05, 4.69) is 4.98 Å². The van der Waals surface area contributed by atoms with Gasteiger partial charge in [0, 0.05) is 36.6 Å². The first-order chi connectivity index (χ1) is 9.58. The van der Waals surface area contributed by atoms with Gasteiger partial charge >= 0.3 is 5.97 Å². The zero-order valence-electron chi connectivity index (χ0n) is 12.7. The summed E-state index contributed by atoms with van der Waals surface area (Å²) >= 11 is 0. The van der Waals surface area contributed by atoms with Crippen LogP contribution in [0.15, 0.2) is 24.5 Å². The Kier molecular flexibility index (Phi) is 6.07. The van der Waals surface area contributed by atoms with Crippen molar-refractivity contribution in [1.82, 2.24) is 4.98 Å². The normalized spacial score (nSPS) is 11.6. The van der Waals surface area contributed by atoms with Crippen molar-refractivity contribution >= 4 is 35.6 Å². The maximum absolute atomic E-state index is 11.2. The van der Waals surface area contributed by atoms with E-state index in [1.807, 2.05) is 13.0 Å². The summed E-state index contributed by atoms with van der Waals surface area (Å²) < 4.78 is 10.8. The van der Waals surface area contributed by atoms with Gasteiger partial charge in [0.25, 0.3) is 0 Å². The van der Waals surface area contributed by atoms with Gasteiger partial charge in [0.05, 0.1) is 19.6 Å². The monoisotopic (exact) mass is 282 g/mol. The van der Waals surface area contributed by atoms with Crippen molar-refractivity contribution in [2.24, 2.45) is 0 Å². The molecule has 5 nitrogen and oxygen atoms in total. The van der Waals surface area contributed by atoms with Crippen LogP contribution < -0.4 is 9.47 Å². The van der Waals surface area contributed by atoms with E-state index in [0.29, 0.717) is 23.7 Å². The van der Waals surface area contributed by atoms with Gasteiger partial charge in [0.2, 0.25) is 0 Å². The van der Waals surface area contributed by atoms with Crippen LogP contribution in [0, 0.1) is 0 Å². The summed E-state index contributed by atoms with van der Waals surface area (Å²) in [7, 11) is 1.56. The molecule has 21 heavy (non-hydrogen) atoms. The molecule has 0 bridgehead atoms. The molecule has 0 aliphatic rings. The van der Waals surface area contributed by atoms with Crippen LogP contribution in [0.3, 0.4) is 0 Å². The summed E-state index contributed by atoms with van der Waals surface area (Å²) in [4.78, 5) is 15.3. The zero-order valence-corrected chi connectivity index (χ0v) is 12.7. The third kappa shape index (κ3) is 3.49. The zero-order chi connectivity index (χ0) is 14.7. The SMILES string of the molecule is CCOc1cc2cncc(C(C)C(=O)O)c2cc1OC.[Li]. The van der Waals surface area contributed by atoms with Crippen molar-refractivity contribution < 1.29 is 19.4 Å². The predicted molar refractivity (Wildman–Crippen MR) is 81.3 cm³/mol. The number of pyridine rings is 1. The number of nitrogens with zero attached hydrogens (tertiary/aromatic N) is 1. The molecule has 1 unspecified atom stereocenters. The number of ether oxygens (including phenoxy) is 2. The van der Waals surface area contributed by atoms with Crippen LogP contribution in [-0.2, 0) is 4.79 Å². The predicted octanol–water partition coefficient (Wildman–Crippen LogP) is 2.45. The molecule has 1 atom stereocenters. The topological polar surface area (TPSA) is 68.7 Å². The van der Waals surface area contributed by atoms with Crippen molar-refractivity contribution in [2.45, 2.75) is 19.8 Å². The number of benzene rings is 1. The maximum Gasteiger partial charge on any atom is 0.310 e. The number of rotatable bonds is 5. The molecule has 1 heterocycles. The van der Waals surface area contributed by atoms with Gasteiger partial charge < -0.3 is 14.6 Å². The first-order valence-electron chi connectivity index (χ1n) is 6.39. The Morgan fingerprint density at radius 2 is 2.05 bits per heavy atom. The van der Waals surface area contributed by atoms with Crippen LogP contribution in [-0.4, -0.2) is 48.6 Å². The molecular weight excluding hydrogens is 265 g/mol. The molecule has 2 rings (SSSR count). The first-order valence-corrected chi connectivity index (χ1v) is 6.39. The number of hydrogen-bond acceptors (Lipinski definition) is 4. The molecule has 0 fully saturated rings. The minimum atomic E-state index is -0.882. The van der Waals surface area contributed by atoms with E-state index in [1.54, 1.807) is 32.5 Å². The van der Waals surface area contributed by atoms with Crippen LogP contribution >= 0.6 is 0 Å². The minimum absolute atomic E-state index is 0. The van der Waals surface area contributed by atoms with Crippen molar-refractivity contribution in [1.29, 1.82) is 0 Å². The van der Waals surface area contributed by atoms with Crippen LogP contribution in [0.5, 0.6) is 11.5 Å². The smallest absolute Gasteiger partial charge is 0.310 e. The fourth-order valence-corrected chi connectivity index (χ4v) is 2.11. The van der Waals surface area contributed by atoms with Crippen LogP contribution in [0.25, 0.3) is 10.8 Å². The number of carboxylic acids is 1. The molecular formula is C15H17LiNO4. The molecule has 0 saturated carbocycles. The van der Waals surface area contributed by atoms with E-state index in [4.69, 9.17) is 9.47 Å². The van der Waals surface area contributed by atoms with Crippen molar-refractivity contribution in [3.05, 3.63) is 30.1 Å². The molecule has 1 N–H and O–H groups in total. The number of fused-ring (bicyclic) bond motifs is 1. The van der Waals surface area contributed by atoms with Crippen molar-refractivity contribution in [2.75, 3.05) is 13.7 Å². The van der Waals surface area contributed by atoms with Gasteiger partial charge in [-0.25, -0.2) is 0 Å². The number of carbonyl (C=O) groups is 1. The third-order valence-electron chi connectivity index (χ3n) is 3.21. The molecule has 107 valence electrons. The molecule has 6 heteroatoms. The number of aromatic nitrogens is 1.